The highest BCUT2D eigenvalue weighted by molar-refractivity contribution is 6.69. The van der Waals surface area contributed by atoms with Crippen molar-refractivity contribution in [3.8, 4) is 0 Å². The molecule has 0 aromatic heterocycles. The van der Waals surface area contributed by atoms with E-state index in [-0.39, 0.29) is 19.6 Å². The molecular weight excluding hydrogens is 515 g/mol. The second kappa shape index (κ2) is 7.49. The quantitative estimate of drug-likeness (QED) is 0.283. The van der Waals surface area contributed by atoms with Gasteiger partial charge in [-0.05, 0) is 19.6 Å². The predicted octanol–water partition coefficient (Wildman–Crippen LogP) is 6.74. The molecule has 188 valence electrons. The first kappa shape index (κ1) is 29.9. The second-order valence-corrected chi connectivity index (χ2v) is 11.1. The van der Waals surface area contributed by atoms with Gasteiger partial charge in [0.1, 0.15) is 0 Å². The van der Waals surface area contributed by atoms with Crippen molar-refractivity contribution in [3.63, 3.8) is 0 Å². The molecule has 0 saturated carbocycles. The minimum absolute atomic E-state index is 0.262. The molecule has 31 heavy (non-hydrogen) atoms. The van der Waals surface area contributed by atoms with Crippen molar-refractivity contribution < 1.29 is 83.8 Å². The molecule has 0 bridgehead atoms. The number of rotatable bonds is 6. The van der Waals surface area contributed by atoms with Crippen molar-refractivity contribution in [1.82, 2.24) is 0 Å². The summed E-state index contributed by atoms with van der Waals surface area (Å²) in [7, 11) is -4.77. The number of alkyl halides is 17. The van der Waals surface area contributed by atoms with Gasteiger partial charge in [-0.3, -0.25) is 4.74 Å². The van der Waals surface area contributed by atoms with Gasteiger partial charge in [-0.1, -0.05) is 0 Å². The van der Waals surface area contributed by atoms with Gasteiger partial charge in [0.05, 0.1) is 0 Å². The average molecular weight is 524 g/mol. The summed E-state index contributed by atoms with van der Waals surface area (Å²) in [4.78, 5) is 0. The Morgan fingerprint density at radius 1 is 0.484 bits per heavy atom. The number of hydrogen-bond donors (Lipinski definition) is 0. The molecule has 0 N–H and O–H groups in total. The van der Waals surface area contributed by atoms with Gasteiger partial charge in [0.15, 0.2) is 8.32 Å². The van der Waals surface area contributed by atoms with Crippen molar-refractivity contribution in [1.29, 1.82) is 0 Å². The Morgan fingerprint density at radius 2 is 0.806 bits per heavy atom. The third-order valence-corrected chi connectivity index (χ3v) is 3.98. The van der Waals surface area contributed by atoms with Crippen LogP contribution >= 0.6 is 0 Å². The first-order chi connectivity index (χ1) is 12.9. The summed E-state index contributed by atoms with van der Waals surface area (Å²) in [6, 6.07) is 0. The van der Waals surface area contributed by atoms with E-state index in [1.807, 2.05) is 0 Å². The van der Waals surface area contributed by atoms with E-state index < -0.39 is 56.5 Å². The Bertz CT molecular complexity index is 623. The maximum atomic E-state index is 14.5. The van der Waals surface area contributed by atoms with Gasteiger partial charge in [-0.2, -0.15) is 74.6 Å². The molecule has 0 heterocycles. The number of halogens is 17. The summed E-state index contributed by atoms with van der Waals surface area (Å²) in [5.74, 6) is -15.9. The van der Waals surface area contributed by atoms with E-state index >= 15 is 0 Å². The molecule has 0 rings (SSSR count). The molecule has 0 unspecified atom stereocenters. The first-order valence-corrected chi connectivity index (χ1v) is 10.4. The Labute approximate surface area is 161 Å². The summed E-state index contributed by atoms with van der Waals surface area (Å²) < 4.78 is 226. The van der Waals surface area contributed by atoms with E-state index in [1.165, 1.54) is 4.74 Å². The SMILES string of the molecule is C[Si](C)(C)OC(C(F)(F)F)(C(F)(F)F)[C@@](F)(OC(F)(F)C(F)(F)C(F)(F)F)C(F)(F)F. The van der Waals surface area contributed by atoms with Crippen LogP contribution < -0.4 is 0 Å². The van der Waals surface area contributed by atoms with E-state index in [1.54, 1.807) is 0 Å². The molecule has 0 aromatic rings. The van der Waals surface area contributed by atoms with E-state index in [2.05, 4.69) is 4.43 Å². The van der Waals surface area contributed by atoms with E-state index in [0.29, 0.717) is 0 Å². The van der Waals surface area contributed by atoms with Crippen molar-refractivity contribution >= 4 is 8.32 Å². The molecule has 0 saturated heterocycles. The number of hydrogen-bond acceptors (Lipinski definition) is 2. The smallest absolute Gasteiger partial charge is 0.393 e. The fraction of sp³-hybridized carbons (Fsp3) is 1.00. The lowest BCUT2D eigenvalue weighted by molar-refractivity contribution is -0.539. The average Bonchev–Trinajstić information content (AvgIpc) is 2.37. The van der Waals surface area contributed by atoms with Crippen LogP contribution in [0.15, 0.2) is 0 Å². The molecule has 0 aliphatic heterocycles. The molecule has 0 amide bonds. The highest BCUT2D eigenvalue weighted by atomic mass is 28.4. The lowest BCUT2D eigenvalue weighted by atomic mass is 9.91. The summed E-state index contributed by atoms with van der Waals surface area (Å²) >= 11 is 0. The summed E-state index contributed by atoms with van der Waals surface area (Å²) in [6.45, 7) is 0.787. The van der Waals surface area contributed by atoms with Crippen molar-refractivity contribution in [2.45, 2.75) is 67.8 Å². The van der Waals surface area contributed by atoms with Crippen molar-refractivity contribution in [3.05, 3.63) is 0 Å². The van der Waals surface area contributed by atoms with Crippen LogP contribution in [-0.4, -0.2) is 56.5 Å². The van der Waals surface area contributed by atoms with Gasteiger partial charge < -0.3 is 4.43 Å². The normalized spacial score (nSPS) is 18.2. The maximum Gasteiger partial charge on any atom is 0.462 e. The third kappa shape index (κ3) is 4.98. The van der Waals surface area contributed by atoms with Gasteiger partial charge in [0.25, 0.3) is 0 Å². The molecule has 0 aliphatic rings. The fourth-order valence-electron chi connectivity index (χ4n) is 1.90. The third-order valence-electron chi connectivity index (χ3n) is 3.07. The highest BCUT2D eigenvalue weighted by Gasteiger charge is 2.93. The molecule has 0 aromatic carbocycles. The Kier molecular flexibility index (Phi) is 7.23. The molecule has 0 aliphatic carbocycles. The van der Waals surface area contributed by atoms with Gasteiger partial charge >= 0.3 is 48.2 Å². The maximum absolute atomic E-state index is 14.5. The van der Waals surface area contributed by atoms with Crippen LogP contribution in [0.1, 0.15) is 0 Å². The Morgan fingerprint density at radius 3 is 1.00 bits per heavy atom. The summed E-state index contributed by atoms with van der Waals surface area (Å²) in [5.41, 5.74) is -7.49. The topological polar surface area (TPSA) is 18.5 Å². The zero-order valence-corrected chi connectivity index (χ0v) is 15.7. The monoisotopic (exact) mass is 524 g/mol. The van der Waals surface area contributed by atoms with Crippen LogP contribution in [0.4, 0.5) is 74.6 Å². The van der Waals surface area contributed by atoms with Gasteiger partial charge in [0.2, 0.25) is 0 Å². The summed E-state index contributed by atoms with van der Waals surface area (Å²) in [5, 5.41) is 0. The lowest BCUT2D eigenvalue weighted by Gasteiger charge is -2.49. The van der Waals surface area contributed by atoms with Gasteiger partial charge in [-0.15, -0.1) is 0 Å². The second-order valence-electron chi connectivity index (χ2n) is 6.68. The predicted molar refractivity (Wildman–Crippen MR) is 66.2 cm³/mol. The first-order valence-electron chi connectivity index (χ1n) is 7.03. The minimum Gasteiger partial charge on any atom is -0.393 e. The molecule has 1 atom stereocenters. The molecule has 20 heteroatoms. The van der Waals surface area contributed by atoms with E-state index in [4.69, 9.17) is 0 Å². The van der Waals surface area contributed by atoms with Gasteiger partial charge in [0, 0.05) is 0 Å². The zero-order valence-electron chi connectivity index (χ0n) is 14.7. The van der Waals surface area contributed by atoms with Crippen LogP contribution in [-0.2, 0) is 9.16 Å². The largest absolute Gasteiger partial charge is 0.462 e. The summed E-state index contributed by atoms with van der Waals surface area (Å²) in [6.07, 6.45) is -38.9. The van der Waals surface area contributed by atoms with Crippen LogP contribution in [0, 0.1) is 0 Å². The Hall–Kier alpha value is -1.05. The Balaban J connectivity index is 7.44. The lowest BCUT2D eigenvalue weighted by Crippen LogP contribution is -2.79. The highest BCUT2D eigenvalue weighted by Crippen LogP contribution is 2.62. The zero-order chi connectivity index (χ0) is 25.9. The van der Waals surface area contributed by atoms with Gasteiger partial charge in [-0.25, -0.2) is 0 Å². The van der Waals surface area contributed by atoms with Crippen LogP contribution in [0.2, 0.25) is 19.6 Å². The minimum atomic E-state index is -8.03. The standard InChI is InChI=1S/C11H9F17O2Si/c1-31(2,3)30-4(7(15,16)17,8(18,19)20)6(14,10(24,25)26)29-11(27,28)5(12,13)9(21,22)23/h1-3H3/t6-/m1/s1. The van der Waals surface area contributed by atoms with E-state index in [0.717, 1.165) is 0 Å². The molecular formula is C11H9F17O2Si. The van der Waals surface area contributed by atoms with Crippen molar-refractivity contribution in [2.24, 2.45) is 0 Å². The van der Waals surface area contributed by atoms with Crippen LogP contribution in [0.3, 0.4) is 0 Å². The fourth-order valence-corrected chi connectivity index (χ4v) is 3.18. The molecule has 0 fully saturated rings. The van der Waals surface area contributed by atoms with Crippen LogP contribution in [0.25, 0.3) is 0 Å². The van der Waals surface area contributed by atoms with Crippen LogP contribution in [0.5, 0.6) is 0 Å². The molecule has 0 radical (unpaired) electrons. The number of ether oxygens (including phenoxy) is 1. The molecule has 2 nitrogen and oxygen atoms in total. The molecule has 0 spiro atoms. The van der Waals surface area contributed by atoms with Crippen molar-refractivity contribution in [2.75, 3.05) is 0 Å². The van der Waals surface area contributed by atoms with E-state index in [9.17, 15) is 74.6 Å².